The maximum atomic E-state index is 12.9. The summed E-state index contributed by atoms with van der Waals surface area (Å²) in [7, 11) is 1.95. The first-order valence-electron chi connectivity index (χ1n) is 7.03. The van der Waals surface area contributed by atoms with Crippen molar-refractivity contribution in [3.63, 3.8) is 0 Å². The topological polar surface area (TPSA) is 44.4 Å². The lowest BCUT2D eigenvalue weighted by molar-refractivity contribution is -0.122. The summed E-state index contributed by atoms with van der Waals surface area (Å²) in [5.41, 5.74) is 0.911. The second-order valence-corrected chi connectivity index (χ2v) is 5.35. The molecule has 1 heterocycles. The van der Waals surface area contributed by atoms with Gasteiger partial charge in [0.15, 0.2) is 0 Å². The van der Waals surface area contributed by atoms with Gasteiger partial charge in [0.2, 0.25) is 5.91 Å². The highest BCUT2D eigenvalue weighted by molar-refractivity contribution is 5.85. The lowest BCUT2D eigenvalue weighted by Gasteiger charge is -2.19. The van der Waals surface area contributed by atoms with E-state index < -0.39 is 0 Å². The molecule has 0 radical (unpaired) electrons. The number of amides is 1. The van der Waals surface area contributed by atoms with E-state index in [2.05, 4.69) is 15.5 Å². The number of hydrogen-bond donors (Lipinski definition) is 2. The van der Waals surface area contributed by atoms with Crippen LogP contribution in [0.15, 0.2) is 24.3 Å². The van der Waals surface area contributed by atoms with Crippen LogP contribution in [0.5, 0.6) is 0 Å². The van der Waals surface area contributed by atoms with Crippen molar-refractivity contribution in [1.29, 1.82) is 0 Å². The van der Waals surface area contributed by atoms with E-state index in [1.165, 1.54) is 12.1 Å². The number of halogens is 2. The van der Waals surface area contributed by atoms with Crippen LogP contribution in [0.1, 0.15) is 24.9 Å². The summed E-state index contributed by atoms with van der Waals surface area (Å²) in [5, 5.41) is 6.18. The van der Waals surface area contributed by atoms with Crippen molar-refractivity contribution in [3.8, 4) is 0 Å². The molecule has 0 bridgehead atoms. The van der Waals surface area contributed by atoms with Gasteiger partial charge in [-0.1, -0.05) is 12.1 Å². The molecular weight excluding hydrogens is 293 g/mol. The van der Waals surface area contributed by atoms with E-state index in [9.17, 15) is 9.18 Å². The SMILES string of the molecule is CNC1CCN(CC(=O)NC(C)c2ccc(F)cc2)C1.Cl. The fourth-order valence-electron chi connectivity index (χ4n) is 2.54. The van der Waals surface area contributed by atoms with Gasteiger partial charge in [-0.15, -0.1) is 12.4 Å². The molecule has 6 heteroatoms. The predicted molar refractivity (Wildman–Crippen MR) is 84.1 cm³/mol. The van der Waals surface area contributed by atoms with Gasteiger partial charge < -0.3 is 10.6 Å². The minimum atomic E-state index is -0.262. The maximum absolute atomic E-state index is 12.9. The number of nitrogens with zero attached hydrogens (tertiary/aromatic N) is 1. The molecular formula is C15H23ClFN3O. The summed E-state index contributed by atoms with van der Waals surface area (Å²) in [6.07, 6.45) is 1.08. The molecule has 118 valence electrons. The van der Waals surface area contributed by atoms with Crippen LogP contribution in [0, 0.1) is 5.82 Å². The largest absolute Gasteiger partial charge is 0.348 e. The van der Waals surface area contributed by atoms with Crippen molar-refractivity contribution in [1.82, 2.24) is 15.5 Å². The number of rotatable bonds is 5. The molecule has 4 nitrogen and oxygen atoms in total. The molecule has 1 aromatic rings. The Hall–Kier alpha value is -1.17. The zero-order valence-corrected chi connectivity index (χ0v) is 13.3. The molecule has 2 N–H and O–H groups in total. The average Bonchev–Trinajstić information content (AvgIpc) is 2.86. The zero-order chi connectivity index (χ0) is 14.5. The Kier molecular flexibility index (Phi) is 7.08. The summed E-state index contributed by atoms with van der Waals surface area (Å²) in [5.74, 6) is -0.249. The highest BCUT2D eigenvalue weighted by atomic mass is 35.5. The van der Waals surface area contributed by atoms with Crippen LogP contribution in [0.3, 0.4) is 0 Å². The van der Waals surface area contributed by atoms with E-state index in [1.807, 2.05) is 14.0 Å². The molecule has 0 aromatic heterocycles. The third kappa shape index (κ3) is 5.26. The van der Waals surface area contributed by atoms with Gasteiger partial charge in [0.05, 0.1) is 12.6 Å². The lowest BCUT2D eigenvalue weighted by atomic mass is 10.1. The molecule has 1 fully saturated rings. The molecule has 2 rings (SSSR count). The Morgan fingerprint density at radius 3 is 2.67 bits per heavy atom. The van der Waals surface area contributed by atoms with Crippen molar-refractivity contribution in [3.05, 3.63) is 35.6 Å². The lowest BCUT2D eigenvalue weighted by Crippen LogP contribution is -2.38. The van der Waals surface area contributed by atoms with E-state index in [4.69, 9.17) is 0 Å². The summed E-state index contributed by atoms with van der Waals surface area (Å²) in [6, 6.07) is 6.61. The standard InChI is InChI=1S/C15H22FN3O.ClH/c1-11(12-3-5-13(16)6-4-12)18-15(20)10-19-8-7-14(9-19)17-2;/h3-6,11,14,17H,7-10H2,1-2H3,(H,18,20);1H. The molecule has 1 aliphatic rings. The van der Waals surface area contributed by atoms with Crippen molar-refractivity contribution in [2.75, 3.05) is 26.7 Å². The number of likely N-dealkylation sites (N-methyl/N-ethyl adjacent to an activating group) is 1. The highest BCUT2D eigenvalue weighted by Crippen LogP contribution is 2.13. The second kappa shape index (κ2) is 8.32. The normalized spacial score (nSPS) is 19.9. The fraction of sp³-hybridized carbons (Fsp3) is 0.533. The van der Waals surface area contributed by atoms with E-state index >= 15 is 0 Å². The number of benzene rings is 1. The quantitative estimate of drug-likeness (QED) is 0.869. The minimum Gasteiger partial charge on any atom is -0.348 e. The van der Waals surface area contributed by atoms with Crippen LogP contribution < -0.4 is 10.6 Å². The van der Waals surface area contributed by atoms with Crippen LogP contribution in [-0.4, -0.2) is 43.5 Å². The maximum Gasteiger partial charge on any atom is 0.234 e. The summed E-state index contributed by atoms with van der Waals surface area (Å²) in [4.78, 5) is 14.1. The van der Waals surface area contributed by atoms with Gasteiger partial charge in [0.25, 0.3) is 0 Å². The molecule has 1 amide bonds. The van der Waals surface area contributed by atoms with Gasteiger partial charge in [-0.3, -0.25) is 9.69 Å². The molecule has 0 aliphatic carbocycles. The molecule has 21 heavy (non-hydrogen) atoms. The van der Waals surface area contributed by atoms with Crippen LogP contribution in [0.4, 0.5) is 4.39 Å². The molecule has 2 atom stereocenters. The van der Waals surface area contributed by atoms with Crippen molar-refractivity contribution in [2.24, 2.45) is 0 Å². The number of nitrogens with one attached hydrogen (secondary N) is 2. The first-order valence-corrected chi connectivity index (χ1v) is 7.03. The van der Waals surface area contributed by atoms with Crippen molar-refractivity contribution < 1.29 is 9.18 Å². The Morgan fingerprint density at radius 2 is 2.10 bits per heavy atom. The Balaban J connectivity index is 0.00000220. The minimum absolute atomic E-state index is 0. The number of carbonyl (C=O) groups excluding carboxylic acids is 1. The van der Waals surface area contributed by atoms with Crippen molar-refractivity contribution >= 4 is 18.3 Å². The van der Waals surface area contributed by atoms with E-state index in [0.29, 0.717) is 12.6 Å². The molecule has 1 saturated heterocycles. The number of carbonyl (C=O) groups is 1. The molecule has 0 saturated carbocycles. The molecule has 1 aromatic carbocycles. The van der Waals surface area contributed by atoms with Gasteiger partial charge in [-0.25, -0.2) is 4.39 Å². The average molecular weight is 316 g/mol. The van der Waals surface area contributed by atoms with Crippen LogP contribution in [0.25, 0.3) is 0 Å². The van der Waals surface area contributed by atoms with Crippen LogP contribution in [-0.2, 0) is 4.79 Å². The number of likely N-dealkylation sites (tertiary alicyclic amines) is 1. The third-order valence-corrected chi connectivity index (χ3v) is 3.80. The van der Waals surface area contributed by atoms with E-state index in [0.717, 1.165) is 25.1 Å². The smallest absolute Gasteiger partial charge is 0.234 e. The summed E-state index contributed by atoms with van der Waals surface area (Å²) >= 11 is 0. The Labute approximate surface area is 131 Å². The van der Waals surface area contributed by atoms with Gasteiger partial charge in [-0.05, 0) is 38.1 Å². The van der Waals surface area contributed by atoms with Crippen molar-refractivity contribution in [2.45, 2.75) is 25.4 Å². The molecule has 0 spiro atoms. The van der Waals surface area contributed by atoms with E-state index in [1.54, 1.807) is 12.1 Å². The highest BCUT2D eigenvalue weighted by Gasteiger charge is 2.23. The molecule has 2 unspecified atom stereocenters. The summed E-state index contributed by atoms with van der Waals surface area (Å²) < 4.78 is 12.9. The predicted octanol–water partition coefficient (Wildman–Crippen LogP) is 1.72. The van der Waals surface area contributed by atoms with Crippen LogP contribution in [0.2, 0.25) is 0 Å². The first-order chi connectivity index (χ1) is 9.58. The van der Waals surface area contributed by atoms with E-state index in [-0.39, 0.29) is 30.2 Å². The Morgan fingerprint density at radius 1 is 1.43 bits per heavy atom. The first kappa shape index (κ1) is 17.9. The molecule has 1 aliphatic heterocycles. The zero-order valence-electron chi connectivity index (χ0n) is 12.4. The fourth-order valence-corrected chi connectivity index (χ4v) is 2.54. The summed E-state index contributed by atoms with van der Waals surface area (Å²) in [6.45, 7) is 4.19. The second-order valence-electron chi connectivity index (χ2n) is 5.35. The Bertz CT molecular complexity index is 455. The third-order valence-electron chi connectivity index (χ3n) is 3.80. The van der Waals surface area contributed by atoms with Crippen LogP contribution >= 0.6 is 12.4 Å². The monoisotopic (exact) mass is 315 g/mol. The van der Waals surface area contributed by atoms with Gasteiger partial charge in [0.1, 0.15) is 5.82 Å². The number of hydrogen-bond acceptors (Lipinski definition) is 3. The van der Waals surface area contributed by atoms with Gasteiger partial charge >= 0.3 is 0 Å². The van der Waals surface area contributed by atoms with Gasteiger partial charge in [-0.2, -0.15) is 0 Å². The van der Waals surface area contributed by atoms with Gasteiger partial charge in [0, 0.05) is 19.1 Å².